The molecule has 4 N–H and O–H groups in total. The van der Waals surface area contributed by atoms with Crippen LogP contribution in [0.2, 0.25) is 0 Å². The Morgan fingerprint density at radius 3 is 2.55 bits per heavy atom. The molecular weight excluding hydrogens is 254 g/mol. The summed E-state index contributed by atoms with van der Waals surface area (Å²) in [6, 6.07) is 0. The summed E-state index contributed by atoms with van der Waals surface area (Å²) in [5.41, 5.74) is 4.97. The van der Waals surface area contributed by atoms with Crippen molar-refractivity contribution in [2.24, 2.45) is 28.1 Å². The van der Waals surface area contributed by atoms with Gasteiger partial charge in [0.15, 0.2) is 5.84 Å². The number of nitrogens with zero attached hydrogens (tertiary/aromatic N) is 1. The number of carbonyl (C=O) groups excluding carboxylic acids is 1. The van der Waals surface area contributed by atoms with E-state index < -0.39 is 5.41 Å². The second kappa shape index (κ2) is 6.46. The van der Waals surface area contributed by atoms with Gasteiger partial charge in [-0.1, -0.05) is 44.2 Å². The first kappa shape index (κ1) is 15.1. The molecule has 2 saturated carbocycles. The predicted molar refractivity (Wildman–Crippen MR) is 78.4 cm³/mol. The fraction of sp³-hybridized carbons (Fsp3) is 0.867. The summed E-state index contributed by atoms with van der Waals surface area (Å²) in [4.78, 5) is 12.4. The summed E-state index contributed by atoms with van der Waals surface area (Å²) in [7, 11) is 0. The summed E-state index contributed by atoms with van der Waals surface area (Å²) in [6.45, 7) is 2.79. The summed E-state index contributed by atoms with van der Waals surface area (Å²) in [5, 5.41) is 15.0. The molecule has 2 rings (SSSR count). The minimum Gasteiger partial charge on any atom is -0.409 e. The first-order valence-electron chi connectivity index (χ1n) is 7.85. The molecule has 0 aliphatic heterocycles. The van der Waals surface area contributed by atoms with Crippen molar-refractivity contribution >= 4 is 11.7 Å². The number of oxime groups is 1. The molecule has 0 heterocycles. The number of hydrogen-bond donors (Lipinski definition) is 3. The van der Waals surface area contributed by atoms with Gasteiger partial charge in [-0.05, 0) is 31.1 Å². The zero-order valence-corrected chi connectivity index (χ0v) is 12.4. The molecule has 2 aliphatic carbocycles. The van der Waals surface area contributed by atoms with Gasteiger partial charge < -0.3 is 16.3 Å². The molecule has 0 unspecified atom stereocenters. The van der Waals surface area contributed by atoms with E-state index in [-0.39, 0.29) is 11.7 Å². The lowest BCUT2D eigenvalue weighted by molar-refractivity contribution is -0.133. The van der Waals surface area contributed by atoms with E-state index in [2.05, 4.69) is 17.4 Å². The Morgan fingerprint density at radius 2 is 2.00 bits per heavy atom. The normalized spacial score (nSPS) is 31.6. The number of rotatable bonds is 5. The Kier molecular flexibility index (Phi) is 4.89. The van der Waals surface area contributed by atoms with Crippen LogP contribution in [-0.4, -0.2) is 23.5 Å². The minimum atomic E-state index is -0.763. The van der Waals surface area contributed by atoms with Gasteiger partial charge in [-0.3, -0.25) is 4.79 Å². The van der Waals surface area contributed by atoms with E-state index in [0.717, 1.165) is 12.3 Å². The van der Waals surface area contributed by atoms with Gasteiger partial charge in [0.25, 0.3) is 0 Å². The molecule has 5 heteroatoms. The third-order valence-corrected chi connectivity index (χ3v) is 4.99. The van der Waals surface area contributed by atoms with Crippen LogP contribution in [0.1, 0.15) is 58.3 Å². The molecule has 0 spiro atoms. The van der Waals surface area contributed by atoms with E-state index in [4.69, 9.17) is 10.9 Å². The van der Waals surface area contributed by atoms with Crippen molar-refractivity contribution in [1.82, 2.24) is 5.32 Å². The van der Waals surface area contributed by atoms with Crippen molar-refractivity contribution in [3.8, 4) is 0 Å². The van der Waals surface area contributed by atoms with E-state index >= 15 is 0 Å². The number of nitrogens with two attached hydrogens (primary N) is 1. The van der Waals surface area contributed by atoms with Crippen LogP contribution in [0.15, 0.2) is 5.16 Å². The molecule has 5 nitrogen and oxygen atoms in total. The van der Waals surface area contributed by atoms with Crippen LogP contribution in [0, 0.1) is 17.3 Å². The van der Waals surface area contributed by atoms with Gasteiger partial charge in [-0.25, -0.2) is 0 Å². The molecule has 0 saturated heterocycles. The number of amidine groups is 1. The lowest BCUT2D eigenvalue weighted by atomic mass is 9.61. The Morgan fingerprint density at radius 1 is 1.35 bits per heavy atom. The lowest BCUT2D eigenvalue weighted by Crippen LogP contribution is -2.56. The van der Waals surface area contributed by atoms with E-state index in [0.29, 0.717) is 25.3 Å². The quantitative estimate of drug-likeness (QED) is 0.312. The molecule has 2 fully saturated rings. The van der Waals surface area contributed by atoms with Gasteiger partial charge in [-0.15, -0.1) is 0 Å². The van der Waals surface area contributed by atoms with Crippen LogP contribution >= 0.6 is 0 Å². The van der Waals surface area contributed by atoms with Crippen molar-refractivity contribution in [2.75, 3.05) is 6.54 Å². The predicted octanol–water partition coefficient (Wildman–Crippen LogP) is 2.24. The monoisotopic (exact) mass is 281 g/mol. The van der Waals surface area contributed by atoms with Gasteiger partial charge in [0.2, 0.25) is 5.91 Å². The second-order valence-electron chi connectivity index (χ2n) is 6.63. The Balaban J connectivity index is 1.80. The molecular formula is C15H27N3O2. The van der Waals surface area contributed by atoms with Crippen LogP contribution in [-0.2, 0) is 4.79 Å². The average molecular weight is 281 g/mol. The number of amides is 1. The zero-order chi connectivity index (χ0) is 14.6. The van der Waals surface area contributed by atoms with Crippen LogP contribution < -0.4 is 11.1 Å². The maximum absolute atomic E-state index is 12.4. The third-order valence-electron chi connectivity index (χ3n) is 4.99. The fourth-order valence-corrected chi connectivity index (χ4v) is 3.77. The van der Waals surface area contributed by atoms with Crippen molar-refractivity contribution in [2.45, 2.75) is 58.3 Å². The zero-order valence-electron chi connectivity index (χ0n) is 12.4. The Labute approximate surface area is 121 Å². The third kappa shape index (κ3) is 3.07. The second-order valence-corrected chi connectivity index (χ2v) is 6.63. The average Bonchev–Trinajstić information content (AvgIpc) is 2.43. The Bertz CT molecular complexity index is 369. The van der Waals surface area contributed by atoms with Crippen LogP contribution in [0.5, 0.6) is 0 Å². The smallest absolute Gasteiger partial charge is 0.233 e. The molecule has 0 bridgehead atoms. The van der Waals surface area contributed by atoms with E-state index in [1.54, 1.807) is 0 Å². The Hall–Kier alpha value is -1.26. The number of carbonyl (C=O) groups is 1. The van der Waals surface area contributed by atoms with Gasteiger partial charge >= 0.3 is 0 Å². The molecule has 0 radical (unpaired) electrons. The minimum absolute atomic E-state index is 0.0609. The van der Waals surface area contributed by atoms with Gasteiger partial charge in [0.05, 0.1) is 0 Å². The van der Waals surface area contributed by atoms with Gasteiger partial charge in [0, 0.05) is 6.54 Å². The summed E-state index contributed by atoms with van der Waals surface area (Å²) in [6.07, 6.45) is 8.99. The summed E-state index contributed by atoms with van der Waals surface area (Å²) < 4.78 is 0. The molecule has 0 aromatic carbocycles. The summed E-state index contributed by atoms with van der Waals surface area (Å²) in [5.74, 6) is 1.20. The highest BCUT2D eigenvalue weighted by atomic mass is 16.4. The van der Waals surface area contributed by atoms with E-state index in [1.807, 2.05) is 0 Å². The standard InChI is InChI=1S/C15H27N3O2/c1-11-9-15(10-11,13(16)18-20)14(19)17-8-7-12-5-3-2-4-6-12/h11-12,20H,2-10H2,1H3,(H2,16,18)(H,17,19). The van der Waals surface area contributed by atoms with Crippen LogP contribution in [0.3, 0.4) is 0 Å². The first-order chi connectivity index (χ1) is 9.58. The van der Waals surface area contributed by atoms with Crippen molar-refractivity contribution in [3.05, 3.63) is 0 Å². The highest BCUT2D eigenvalue weighted by molar-refractivity contribution is 6.07. The summed E-state index contributed by atoms with van der Waals surface area (Å²) >= 11 is 0. The van der Waals surface area contributed by atoms with E-state index in [9.17, 15) is 4.79 Å². The molecule has 20 heavy (non-hydrogen) atoms. The molecule has 0 aromatic heterocycles. The van der Waals surface area contributed by atoms with Crippen molar-refractivity contribution in [1.29, 1.82) is 0 Å². The van der Waals surface area contributed by atoms with Crippen LogP contribution in [0.4, 0.5) is 0 Å². The van der Waals surface area contributed by atoms with Crippen molar-refractivity contribution in [3.63, 3.8) is 0 Å². The number of hydrogen-bond acceptors (Lipinski definition) is 3. The number of nitrogens with one attached hydrogen (secondary N) is 1. The lowest BCUT2D eigenvalue weighted by Gasteiger charge is -2.43. The maximum atomic E-state index is 12.4. The highest BCUT2D eigenvalue weighted by Crippen LogP contribution is 2.45. The van der Waals surface area contributed by atoms with Gasteiger partial charge in [-0.2, -0.15) is 0 Å². The van der Waals surface area contributed by atoms with Crippen LogP contribution in [0.25, 0.3) is 0 Å². The maximum Gasteiger partial charge on any atom is 0.233 e. The van der Waals surface area contributed by atoms with E-state index in [1.165, 1.54) is 32.1 Å². The highest BCUT2D eigenvalue weighted by Gasteiger charge is 2.52. The molecule has 2 aliphatic rings. The fourth-order valence-electron chi connectivity index (χ4n) is 3.77. The topological polar surface area (TPSA) is 87.7 Å². The largest absolute Gasteiger partial charge is 0.409 e. The molecule has 114 valence electrons. The molecule has 0 aromatic rings. The first-order valence-corrected chi connectivity index (χ1v) is 7.85. The molecule has 0 atom stereocenters. The van der Waals surface area contributed by atoms with Crippen molar-refractivity contribution < 1.29 is 10.0 Å². The SMILES string of the molecule is CC1CC(C(=O)NCCC2CCCCC2)(C(N)=NO)C1. The molecule has 1 amide bonds. The van der Waals surface area contributed by atoms with Gasteiger partial charge in [0.1, 0.15) is 5.41 Å².